The highest BCUT2D eigenvalue weighted by Gasteiger charge is 2.28. The van der Waals surface area contributed by atoms with E-state index in [1.54, 1.807) is 0 Å². The molecule has 3 rings (SSSR count). The summed E-state index contributed by atoms with van der Waals surface area (Å²) in [4.78, 5) is 20.5. The summed E-state index contributed by atoms with van der Waals surface area (Å²) < 4.78 is 23.6. The van der Waals surface area contributed by atoms with Crippen LogP contribution < -0.4 is 11.1 Å². The Morgan fingerprint density at radius 1 is 1.27 bits per heavy atom. The van der Waals surface area contributed by atoms with E-state index >= 15 is 0 Å². The molecule has 11 heteroatoms. The molecule has 0 radical (unpaired) electrons. The number of carbonyl (C=O) groups excluding carboxylic acids is 1. The fourth-order valence-corrected chi connectivity index (χ4v) is 5.58. The van der Waals surface area contributed by atoms with E-state index in [1.807, 2.05) is 6.92 Å². The van der Waals surface area contributed by atoms with Crippen LogP contribution in [-0.4, -0.2) is 41.3 Å². The van der Waals surface area contributed by atoms with Gasteiger partial charge in [0.15, 0.2) is 26.5 Å². The number of hydrogen-bond donors (Lipinski definition) is 3. The van der Waals surface area contributed by atoms with E-state index in [0.29, 0.717) is 23.7 Å². The van der Waals surface area contributed by atoms with Crippen LogP contribution in [0.1, 0.15) is 61.6 Å². The van der Waals surface area contributed by atoms with Crippen LogP contribution >= 0.6 is 23.2 Å². The smallest absolute Gasteiger partial charge is 0.271 e. The van der Waals surface area contributed by atoms with E-state index in [2.05, 4.69) is 15.3 Å². The lowest BCUT2D eigenvalue weighted by Crippen LogP contribution is -2.30. The molecule has 2 aromatic rings. The van der Waals surface area contributed by atoms with Crippen molar-refractivity contribution in [2.45, 2.75) is 62.4 Å². The zero-order valence-electron chi connectivity index (χ0n) is 18.6. The summed E-state index contributed by atoms with van der Waals surface area (Å²) in [6.07, 6.45) is 7.05. The number of primary amides is 1. The Hall–Kier alpha value is -1.94. The first kappa shape index (κ1) is 25.7. The molecule has 1 aromatic heterocycles. The number of amides is 1. The van der Waals surface area contributed by atoms with Gasteiger partial charge in [-0.3, -0.25) is 4.79 Å². The number of halogens is 2. The Labute approximate surface area is 203 Å². The van der Waals surface area contributed by atoms with Crippen molar-refractivity contribution in [1.82, 2.24) is 9.97 Å². The fraction of sp³-hybridized carbons (Fsp3) is 0.500. The van der Waals surface area contributed by atoms with Gasteiger partial charge in [0.2, 0.25) is 0 Å². The second-order valence-electron chi connectivity index (χ2n) is 8.90. The number of rotatable bonds is 8. The lowest BCUT2D eigenvalue weighted by atomic mass is 9.78. The van der Waals surface area contributed by atoms with Gasteiger partial charge in [0, 0.05) is 11.9 Å². The van der Waals surface area contributed by atoms with E-state index in [-0.39, 0.29) is 26.6 Å². The molecule has 0 bridgehead atoms. The van der Waals surface area contributed by atoms with Gasteiger partial charge < -0.3 is 16.2 Å². The van der Waals surface area contributed by atoms with Crippen molar-refractivity contribution in [2.24, 2.45) is 11.7 Å². The lowest BCUT2D eigenvalue weighted by molar-refractivity contribution is 0.00673. The third kappa shape index (κ3) is 6.79. The van der Waals surface area contributed by atoms with Gasteiger partial charge in [-0.25, -0.2) is 18.4 Å². The molecule has 1 aromatic carbocycles. The third-order valence-corrected chi connectivity index (χ3v) is 7.84. The van der Waals surface area contributed by atoms with Gasteiger partial charge in [-0.15, -0.1) is 0 Å². The highest BCUT2D eigenvalue weighted by Crippen LogP contribution is 2.34. The van der Waals surface area contributed by atoms with Crippen LogP contribution in [0.25, 0.3) is 0 Å². The Morgan fingerprint density at radius 2 is 1.94 bits per heavy atom. The molecule has 1 amide bonds. The van der Waals surface area contributed by atoms with Crippen molar-refractivity contribution in [2.75, 3.05) is 11.6 Å². The first-order valence-electron chi connectivity index (χ1n) is 10.7. The van der Waals surface area contributed by atoms with Crippen LogP contribution in [0.3, 0.4) is 0 Å². The predicted octanol–water partition coefficient (Wildman–Crippen LogP) is 4.29. The molecular formula is C22H28Cl2N4O4S. The highest BCUT2D eigenvalue weighted by molar-refractivity contribution is 7.90. The number of benzene rings is 1. The van der Waals surface area contributed by atoms with Crippen molar-refractivity contribution in [3.05, 3.63) is 39.8 Å². The average Bonchev–Trinajstić information content (AvgIpc) is 2.70. The summed E-state index contributed by atoms with van der Waals surface area (Å²) in [5.41, 5.74) is 5.73. The summed E-state index contributed by atoms with van der Waals surface area (Å²) in [5.74, 6) is -0.125. The van der Waals surface area contributed by atoms with E-state index in [0.717, 1.165) is 44.8 Å². The van der Waals surface area contributed by atoms with Crippen LogP contribution in [0.2, 0.25) is 10.2 Å². The molecule has 33 heavy (non-hydrogen) atoms. The van der Waals surface area contributed by atoms with Gasteiger partial charge in [-0.1, -0.05) is 29.6 Å². The Balaban J connectivity index is 1.75. The van der Waals surface area contributed by atoms with Crippen molar-refractivity contribution in [3.63, 3.8) is 0 Å². The highest BCUT2D eigenvalue weighted by atomic mass is 35.5. The maximum atomic E-state index is 11.9. The largest absolute Gasteiger partial charge is 0.390 e. The van der Waals surface area contributed by atoms with Gasteiger partial charge in [0.25, 0.3) is 5.91 Å². The number of aryl methyl sites for hydroxylation is 1. The van der Waals surface area contributed by atoms with Crippen LogP contribution in [-0.2, 0) is 16.3 Å². The third-order valence-electron chi connectivity index (χ3n) is 5.95. The molecule has 1 aliphatic carbocycles. The first-order valence-corrected chi connectivity index (χ1v) is 13.4. The predicted molar refractivity (Wildman–Crippen MR) is 129 cm³/mol. The summed E-state index contributed by atoms with van der Waals surface area (Å²) in [5, 5.41) is 13.2. The zero-order chi connectivity index (χ0) is 24.4. The average molecular weight is 515 g/mol. The van der Waals surface area contributed by atoms with Crippen LogP contribution in [0.15, 0.2) is 23.1 Å². The topological polar surface area (TPSA) is 135 Å². The van der Waals surface area contributed by atoms with Crippen LogP contribution in [0.4, 0.5) is 11.5 Å². The molecule has 0 spiro atoms. The number of nitrogens with one attached hydrogen (secondary N) is 1. The number of nitrogens with zero attached hydrogens (tertiary/aromatic N) is 2. The number of nitrogens with two attached hydrogens (primary N) is 1. The number of aliphatic hydroxyl groups is 1. The van der Waals surface area contributed by atoms with Crippen molar-refractivity contribution >= 4 is 50.5 Å². The molecule has 1 saturated carbocycles. The summed E-state index contributed by atoms with van der Waals surface area (Å²) in [6, 6.07) is 4.31. The van der Waals surface area contributed by atoms with Gasteiger partial charge in [-0.05, 0) is 69.6 Å². The molecule has 4 N–H and O–H groups in total. The molecule has 1 aliphatic rings. The van der Waals surface area contributed by atoms with E-state index in [9.17, 15) is 18.3 Å². The van der Waals surface area contributed by atoms with Gasteiger partial charge in [0.1, 0.15) is 0 Å². The number of sulfone groups is 1. The second kappa shape index (κ2) is 10.1. The second-order valence-corrected chi connectivity index (χ2v) is 11.6. The Morgan fingerprint density at radius 3 is 2.52 bits per heavy atom. The van der Waals surface area contributed by atoms with Gasteiger partial charge in [-0.2, -0.15) is 0 Å². The Kier molecular flexibility index (Phi) is 7.88. The minimum Gasteiger partial charge on any atom is -0.390 e. The maximum absolute atomic E-state index is 11.9. The van der Waals surface area contributed by atoms with Crippen LogP contribution in [0.5, 0.6) is 0 Å². The van der Waals surface area contributed by atoms with Gasteiger partial charge in [0.05, 0.1) is 21.2 Å². The normalized spacial score (nSPS) is 21.1. The standard InChI is InChI=1S/C22H28Cl2N4O4S/c1-22(30)10-8-13(9-11-22)4-3-5-16-19(24)28-18(20(25)29)21(27-16)26-14-6-7-17(15(23)12-14)33(2,31)32/h6-7,12-13,30H,3-5,8-11H2,1-2H3,(H2,25,29)(H,26,27). The number of anilines is 2. The molecule has 0 saturated heterocycles. The number of hydrogen-bond acceptors (Lipinski definition) is 7. The zero-order valence-corrected chi connectivity index (χ0v) is 20.9. The number of aromatic nitrogens is 2. The van der Waals surface area contributed by atoms with E-state index in [4.69, 9.17) is 28.9 Å². The summed E-state index contributed by atoms with van der Waals surface area (Å²) in [7, 11) is -3.48. The van der Waals surface area contributed by atoms with Gasteiger partial charge >= 0.3 is 0 Å². The fourth-order valence-electron chi connectivity index (χ4n) is 4.03. The molecule has 180 valence electrons. The minimum atomic E-state index is -3.48. The molecule has 8 nitrogen and oxygen atoms in total. The minimum absolute atomic E-state index is 0.00283. The SMILES string of the molecule is CC1(O)CCC(CCCc2nc(Nc3ccc(S(C)(=O)=O)c(Cl)c3)c(C(N)=O)nc2Cl)CC1. The van der Waals surface area contributed by atoms with Crippen molar-refractivity contribution < 1.29 is 18.3 Å². The van der Waals surface area contributed by atoms with Crippen molar-refractivity contribution in [1.29, 1.82) is 0 Å². The van der Waals surface area contributed by atoms with E-state index in [1.165, 1.54) is 18.2 Å². The van der Waals surface area contributed by atoms with Crippen molar-refractivity contribution in [3.8, 4) is 0 Å². The summed E-state index contributed by atoms with van der Waals surface area (Å²) >= 11 is 12.4. The molecular weight excluding hydrogens is 487 g/mol. The maximum Gasteiger partial charge on any atom is 0.271 e. The molecule has 0 unspecified atom stereocenters. The first-order chi connectivity index (χ1) is 15.4. The lowest BCUT2D eigenvalue weighted by Gasteiger charge is -2.33. The molecule has 1 fully saturated rings. The number of carbonyl (C=O) groups is 1. The van der Waals surface area contributed by atoms with Crippen LogP contribution in [0, 0.1) is 5.92 Å². The quantitative estimate of drug-likeness (QED) is 0.477. The Bertz CT molecular complexity index is 1150. The molecule has 1 heterocycles. The molecule has 0 aliphatic heterocycles. The molecule has 0 atom stereocenters. The summed E-state index contributed by atoms with van der Waals surface area (Å²) in [6.45, 7) is 1.88. The van der Waals surface area contributed by atoms with E-state index < -0.39 is 21.3 Å². The monoisotopic (exact) mass is 514 g/mol.